The molecule has 0 aliphatic carbocycles. The molecule has 1 heterocycles. The molecule has 0 saturated heterocycles. The van der Waals surface area contributed by atoms with Crippen LogP contribution >= 0.6 is 11.6 Å². The molecule has 17 heavy (non-hydrogen) atoms. The van der Waals surface area contributed by atoms with E-state index in [-0.39, 0.29) is 0 Å². The van der Waals surface area contributed by atoms with E-state index in [1.807, 2.05) is 31.3 Å². The van der Waals surface area contributed by atoms with Crippen LogP contribution in [-0.2, 0) is 13.5 Å². The van der Waals surface area contributed by atoms with E-state index in [1.54, 1.807) is 0 Å². The van der Waals surface area contributed by atoms with Gasteiger partial charge >= 0.3 is 0 Å². The van der Waals surface area contributed by atoms with Gasteiger partial charge in [-0.05, 0) is 25.6 Å². The van der Waals surface area contributed by atoms with Gasteiger partial charge in [-0.25, -0.2) is 4.98 Å². The van der Waals surface area contributed by atoms with Gasteiger partial charge in [0.05, 0.1) is 5.69 Å². The summed E-state index contributed by atoms with van der Waals surface area (Å²) < 4.78 is 2.08. The number of hydrogen-bond donors (Lipinski definition) is 1. The highest BCUT2D eigenvalue weighted by molar-refractivity contribution is 6.30. The Morgan fingerprint density at radius 3 is 2.82 bits per heavy atom. The standard InChI is InChI=1S/C13H16ClN3/c1-9-12(6-7-15)16-13(17(9)2)10-4-3-5-11(14)8-10/h3-5,8H,6-7,15H2,1-2H3. The highest BCUT2D eigenvalue weighted by Gasteiger charge is 2.12. The Labute approximate surface area is 106 Å². The Hall–Kier alpha value is -1.32. The second kappa shape index (κ2) is 4.90. The molecule has 4 heteroatoms. The maximum absolute atomic E-state index is 6.00. The number of aromatic nitrogens is 2. The van der Waals surface area contributed by atoms with Crippen molar-refractivity contribution in [2.24, 2.45) is 12.8 Å². The molecule has 2 aromatic rings. The quantitative estimate of drug-likeness (QED) is 0.909. The molecule has 1 aromatic carbocycles. The molecule has 0 saturated carbocycles. The number of hydrogen-bond acceptors (Lipinski definition) is 2. The third-order valence-electron chi connectivity index (χ3n) is 2.94. The number of nitrogens with zero attached hydrogens (tertiary/aromatic N) is 2. The third-order valence-corrected chi connectivity index (χ3v) is 3.18. The van der Waals surface area contributed by atoms with Crippen molar-refractivity contribution in [2.75, 3.05) is 6.54 Å². The SMILES string of the molecule is Cc1c(CCN)nc(-c2cccc(Cl)c2)n1C. The molecular formula is C13H16ClN3. The third kappa shape index (κ3) is 2.35. The minimum absolute atomic E-state index is 0.618. The average Bonchev–Trinajstić information content (AvgIpc) is 2.58. The van der Waals surface area contributed by atoms with E-state index in [0.29, 0.717) is 6.54 Å². The Morgan fingerprint density at radius 2 is 2.18 bits per heavy atom. The van der Waals surface area contributed by atoms with E-state index in [4.69, 9.17) is 17.3 Å². The van der Waals surface area contributed by atoms with E-state index >= 15 is 0 Å². The van der Waals surface area contributed by atoms with Gasteiger partial charge in [0.15, 0.2) is 0 Å². The Morgan fingerprint density at radius 1 is 1.41 bits per heavy atom. The molecule has 0 aliphatic rings. The summed E-state index contributed by atoms with van der Waals surface area (Å²) >= 11 is 6.00. The lowest BCUT2D eigenvalue weighted by Gasteiger charge is -2.03. The van der Waals surface area contributed by atoms with Crippen molar-refractivity contribution in [3.63, 3.8) is 0 Å². The minimum Gasteiger partial charge on any atom is -0.331 e. The van der Waals surface area contributed by atoms with Crippen LogP contribution in [-0.4, -0.2) is 16.1 Å². The van der Waals surface area contributed by atoms with Crippen LogP contribution in [0.1, 0.15) is 11.4 Å². The molecule has 0 aliphatic heterocycles. The fourth-order valence-corrected chi connectivity index (χ4v) is 2.09. The molecule has 0 fully saturated rings. The van der Waals surface area contributed by atoms with E-state index in [2.05, 4.69) is 16.5 Å². The zero-order valence-electron chi connectivity index (χ0n) is 10.1. The van der Waals surface area contributed by atoms with Gasteiger partial charge < -0.3 is 10.3 Å². The molecule has 0 bridgehead atoms. The first kappa shape index (κ1) is 12.1. The minimum atomic E-state index is 0.618. The first-order valence-electron chi connectivity index (χ1n) is 5.61. The van der Waals surface area contributed by atoms with E-state index < -0.39 is 0 Å². The van der Waals surface area contributed by atoms with Crippen LogP contribution < -0.4 is 5.73 Å². The van der Waals surface area contributed by atoms with Crippen LogP contribution in [0.5, 0.6) is 0 Å². The van der Waals surface area contributed by atoms with Crippen molar-refractivity contribution < 1.29 is 0 Å². The summed E-state index contributed by atoms with van der Waals surface area (Å²) in [6.45, 7) is 2.68. The lowest BCUT2D eigenvalue weighted by atomic mass is 10.2. The zero-order valence-corrected chi connectivity index (χ0v) is 10.8. The van der Waals surface area contributed by atoms with Crippen LogP contribution in [0.3, 0.4) is 0 Å². The van der Waals surface area contributed by atoms with Crippen LogP contribution in [0.4, 0.5) is 0 Å². The second-order valence-electron chi connectivity index (χ2n) is 4.08. The second-order valence-corrected chi connectivity index (χ2v) is 4.51. The maximum Gasteiger partial charge on any atom is 0.140 e. The number of nitrogens with two attached hydrogens (primary N) is 1. The molecule has 0 amide bonds. The van der Waals surface area contributed by atoms with Crippen molar-refractivity contribution in [1.82, 2.24) is 9.55 Å². The van der Waals surface area contributed by atoms with Crippen molar-refractivity contribution >= 4 is 11.6 Å². The molecule has 2 N–H and O–H groups in total. The first-order valence-corrected chi connectivity index (χ1v) is 5.99. The summed E-state index contributed by atoms with van der Waals surface area (Å²) in [4.78, 5) is 4.63. The summed E-state index contributed by atoms with van der Waals surface area (Å²) in [6.07, 6.45) is 0.806. The predicted octanol–water partition coefficient (Wildman–Crippen LogP) is 2.55. The van der Waals surface area contributed by atoms with Gasteiger partial charge in [-0.3, -0.25) is 0 Å². The highest BCUT2D eigenvalue weighted by Crippen LogP contribution is 2.23. The molecule has 3 nitrogen and oxygen atoms in total. The van der Waals surface area contributed by atoms with Gasteiger partial charge in [-0.1, -0.05) is 23.7 Å². The van der Waals surface area contributed by atoms with Gasteiger partial charge in [0.1, 0.15) is 5.82 Å². The maximum atomic E-state index is 6.00. The zero-order chi connectivity index (χ0) is 12.4. The lowest BCUT2D eigenvalue weighted by molar-refractivity contribution is 0.865. The predicted molar refractivity (Wildman–Crippen MR) is 71.1 cm³/mol. The van der Waals surface area contributed by atoms with E-state index in [0.717, 1.165) is 34.2 Å². The summed E-state index contributed by atoms with van der Waals surface area (Å²) in [7, 11) is 2.01. The number of benzene rings is 1. The van der Waals surface area contributed by atoms with Gasteiger partial charge in [0.2, 0.25) is 0 Å². The summed E-state index contributed by atoms with van der Waals surface area (Å²) in [5.74, 6) is 0.938. The van der Waals surface area contributed by atoms with Gasteiger partial charge in [-0.2, -0.15) is 0 Å². The summed E-state index contributed by atoms with van der Waals surface area (Å²) in [5.41, 5.74) is 8.83. The number of rotatable bonds is 3. The first-order chi connectivity index (χ1) is 8.13. The van der Waals surface area contributed by atoms with Crippen molar-refractivity contribution in [1.29, 1.82) is 0 Å². The fraction of sp³-hybridized carbons (Fsp3) is 0.308. The molecule has 1 aromatic heterocycles. The molecule has 2 rings (SSSR count). The van der Waals surface area contributed by atoms with Crippen LogP contribution in [0.25, 0.3) is 11.4 Å². The number of imidazole rings is 1. The van der Waals surface area contributed by atoms with Crippen LogP contribution in [0.2, 0.25) is 5.02 Å². The van der Waals surface area contributed by atoms with Crippen molar-refractivity contribution in [2.45, 2.75) is 13.3 Å². The highest BCUT2D eigenvalue weighted by atomic mass is 35.5. The Bertz CT molecular complexity index is 531. The Balaban J connectivity index is 2.49. The number of halogens is 1. The molecule has 0 spiro atoms. The smallest absolute Gasteiger partial charge is 0.140 e. The molecule has 0 radical (unpaired) electrons. The van der Waals surface area contributed by atoms with Crippen molar-refractivity contribution in [3.05, 3.63) is 40.7 Å². The molecule has 90 valence electrons. The largest absolute Gasteiger partial charge is 0.331 e. The molecule has 0 unspecified atom stereocenters. The summed E-state index contributed by atoms with van der Waals surface area (Å²) in [5, 5.41) is 0.725. The van der Waals surface area contributed by atoms with Gasteiger partial charge in [0.25, 0.3) is 0 Å². The van der Waals surface area contributed by atoms with E-state index in [1.165, 1.54) is 0 Å². The lowest BCUT2D eigenvalue weighted by Crippen LogP contribution is -2.04. The normalized spacial score (nSPS) is 10.8. The molecular weight excluding hydrogens is 234 g/mol. The van der Waals surface area contributed by atoms with E-state index in [9.17, 15) is 0 Å². The fourth-order valence-electron chi connectivity index (χ4n) is 1.90. The van der Waals surface area contributed by atoms with Gasteiger partial charge in [0, 0.05) is 29.7 Å². The van der Waals surface area contributed by atoms with Crippen LogP contribution in [0, 0.1) is 6.92 Å². The topological polar surface area (TPSA) is 43.8 Å². The van der Waals surface area contributed by atoms with Crippen molar-refractivity contribution in [3.8, 4) is 11.4 Å². The molecule has 0 atom stereocenters. The average molecular weight is 250 g/mol. The summed E-state index contributed by atoms with van der Waals surface area (Å²) in [6, 6.07) is 7.74. The van der Waals surface area contributed by atoms with Crippen LogP contribution in [0.15, 0.2) is 24.3 Å². The monoisotopic (exact) mass is 249 g/mol. The Kier molecular flexibility index (Phi) is 3.50. The van der Waals surface area contributed by atoms with Gasteiger partial charge in [-0.15, -0.1) is 0 Å².